The average molecular weight is 451 g/mol. The lowest BCUT2D eigenvalue weighted by Crippen LogP contribution is -2.58. The van der Waals surface area contributed by atoms with Crippen molar-refractivity contribution >= 4 is 21.8 Å². The van der Waals surface area contributed by atoms with Gasteiger partial charge in [0.05, 0.1) is 5.41 Å². The highest BCUT2D eigenvalue weighted by molar-refractivity contribution is 9.10. The predicted molar refractivity (Wildman–Crippen MR) is 117 cm³/mol. The van der Waals surface area contributed by atoms with Crippen LogP contribution in [0.1, 0.15) is 52.5 Å². The molecule has 0 radical (unpaired) electrons. The minimum atomic E-state index is -0.489. The van der Waals surface area contributed by atoms with E-state index in [1.165, 1.54) is 6.42 Å². The van der Waals surface area contributed by atoms with Crippen LogP contribution in [0.4, 0.5) is 0 Å². The summed E-state index contributed by atoms with van der Waals surface area (Å²) >= 11 is 3.50. The number of piperidine rings is 1. The average Bonchev–Trinajstić information content (AvgIpc) is 2.66. The van der Waals surface area contributed by atoms with Gasteiger partial charge in [-0.25, -0.2) is 0 Å². The van der Waals surface area contributed by atoms with Gasteiger partial charge < -0.3 is 10.1 Å². The Morgan fingerprint density at radius 1 is 1.18 bits per heavy atom. The van der Waals surface area contributed by atoms with E-state index in [-0.39, 0.29) is 11.4 Å². The van der Waals surface area contributed by atoms with Gasteiger partial charge in [0.15, 0.2) is 0 Å². The molecule has 5 heteroatoms. The van der Waals surface area contributed by atoms with Crippen molar-refractivity contribution in [2.45, 2.75) is 57.9 Å². The summed E-state index contributed by atoms with van der Waals surface area (Å²) < 4.78 is 6.62. The molecule has 28 heavy (non-hydrogen) atoms. The van der Waals surface area contributed by atoms with Crippen molar-refractivity contribution in [3.8, 4) is 0 Å². The molecule has 2 aliphatic heterocycles. The molecule has 2 heterocycles. The number of rotatable bonds is 5. The Kier molecular flexibility index (Phi) is 6.88. The lowest BCUT2D eigenvalue weighted by atomic mass is 9.73. The molecule has 2 unspecified atom stereocenters. The molecule has 2 fully saturated rings. The number of ether oxygens (including phenoxy) is 1. The molecule has 0 aliphatic carbocycles. The molecule has 2 saturated heterocycles. The molecule has 4 nitrogen and oxygen atoms in total. The minimum Gasteiger partial charge on any atom is -0.381 e. The molecule has 1 N–H and O–H groups in total. The highest BCUT2D eigenvalue weighted by atomic mass is 79.9. The maximum Gasteiger partial charge on any atom is 0.230 e. The van der Waals surface area contributed by atoms with Crippen molar-refractivity contribution in [3.63, 3.8) is 0 Å². The van der Waals surface area contributed by atoms with Crippen LogP contribution in [0.2, 0.25) is 0 Å². The smallest absolute Gasteiger partial charge is 0.230 e. The molecule has 3 rings (SSSR count). The molecule has 0 aromatic heterocycles. The number of hydrogen-bond donors (Lipinski definition) is 1. The standard InChI is InChI=1S/C23H35BrN2O2/c1-17-13-18(2)15-26(14-17)22(3,4)16-25-21(27)23(9-11-28-12-10-23)19-5-7-20(24)8-6-19/h5-8,17-18H,9-16H2,1-4H3,(H,25,27). The van der Waals surface area contributed by atoms with E-state index in [0.717, 1.165) is 36.0 Å². The number of amides is 1. The summed E-state index contributed by atoms with van der Waals surface area (Å²) in [6, 6.07) is 8.21. The van der Waals surface area contributed by atoms with Crippen LogP contribution in [-0.2, 0) is 14.9 Å². The summed E-state index contributed by atoms with van der Waals surface area (Å²) in [5.74, 6) is 1.57. The van der Waals surface area contributed by atoms with Crippen LogP contribution in [-0.4, -0.2) is 49.2 Å². The van der Waals surface area contributed by atoms with Crippen LogP contribution in [0.5, 0.6) is 0 Å². The van der Waals surface area contributed by atoms with E-state index in [4.69, 9.17) is 4.74 Å². The summed E-state index contributed by atoms with van der Waals surface area (Å²) in [7, 11) is 0. The third kappa shape index (κ3) is 4.80. The number of carbonyl (C=O) groups excluding carboxylic acids is 1. The molecular formula is C23H35BrN2O2. The fourth-order valence-corrected chi connectivity index (χ4v) is 5.13. The maximum absolute atomic E-state index is 13.5. The number of carbonyl (C=O) groups is 1. The van der Waals surface area contributed by atoms with Crippen LogP contribution < -0.4 is 5.32 Å². The van der Waals surface area contributed by atoms with E-state index in [1.54, 1.807) is 0 Å². The van der Waals surface area contributed by atoms with Gasteiger partial charge in [0.25, 0.3) is 0 Å². The maximum atomic E-state index is 13.5. The van der Waals surface area contributed by atoms with E-state index >= 15 is 0 Å². The Morgan fingerprint density at radius 3 is 2.32 bits per heavy atom. The number of benzene rings is 1. The molecule has 0 spiro atoms. The monoisotopic (exact) mass is 450 g/mol. The van der Waals surface area contributed by atoms with Crippen LogP contribution in [0, 0.1) is 11.8 Å². The van der Waals surface area contributed by atoms with Gasteiger partial charge in [-0.2, -0.15) is 0 Å². The number of halogens is 1. The van der Waals surface area contributed by atoms with E-state index in [1.807, 2.05) is 12.1 Å². The normalized spacial score (nSPS) is 26.0. The van der Waals surface area contributed by atoms with E-state index in [2.05, 4.69) is 66.0 Å². The van der Waals surface area contributed by atoms with Gasteiger partial charge in [-0.1, -0.05) is 41.9 Å². The number of hydrogen-bond acceptors (Lipinski definition) is 3. The third-order valence-corrected chi connectivity index (χ3v) is 7.11. The van der Waals surface area contributed by atoms with Crippen LogP contribution in [0.25, 0.3) is 0 Å². The van der Waals surface area contributed by atoms with Gasteiger partial charge in [0.1, 0.15) is 0 Å². The highest BCUT2D eigenvalue weighted by Crippen LogP contribution is 2.36. The van der Waals surface area contributed by atoms with Crippen molar-refractivity contribution in [1.29, 1.82) is 0 Å². The first kappa shape index (κ1) is 21.8. The van der Waals surface area contributed by atoms with E-state index in [0.29, 0.717) is 31.6 Å². The first-order valence-electron chi connectivity index (χ1n) is 10.6. The SMILES string of the molecule is CC1CC(C)CN(C(C)(C)CNC(=O)C2(c3ccc(Br)cc3)CCOCC2)C1. The Hall–Kier alpha value is -0.910. The van der Waals surface area contributed by atoms with Gasteiger partial charge in [0, 0.05) is 42.9 Å². The largest absolute Gasteiger partial charge is 0.381 e. The Labute approximate surface area is 178 Å². The van der Waals surface area contributed by atoms with Crippen LogP contribution in [0.3, 0.4) is 0 Å². The summed E-state index contributed by atoms with van der Waals surface area (Å²) in [6.07, 6.45) is 2.77. The van der Waals surface area contributed by atoms with Gasteiger partial charge in [0.2, 0.25) is 5.91 Å². The molecule has 0 saturated carbocycles. The number of nitrogens with zero attached hydrogens (tertiary/aromatic N) is 1. The lowest BCUT2D eigenvalue weighted by Gasteiger charge is -2.46. The fourth-order valence-electron chi connectivity index (χ4n) is 4.87. The summed E-state index contributed by atoms with van der Waals surface area (Å²) in [6.45, 7) is 13.3. The van der Waals surface area contributed by atoms with Gasteiger partial charge in [-0.05, 0) is 62.6 Å². The fraction of sp³-hybridized carbons (Fsp3) is 0.696. The predicted octanol–water partition coefficient (Wildman–Crippen LogP) is 4.37. The zero-order valence-electron chi connectivity index (χ0n) is 17.8. The molecule has 1 aromatic rings. The van der Waals surface area contributed by atoms with Crippen LogP contribution in [0.15, 0.2) is 28.7 Å². The highest BCUT2D eigenvalue weighted by Gasteiger charge is 2.42. The molecule has 2 atom stereocenters. The van der Waals surface area contributed by atoms with Crippen molar-refractivity contribution < 1.29 is 9.53 Å². The molecular weight excluding hydrogens is 416 g/mol. The first-order valence-corrected chi connectivity index (χ1v) is 11.4. The van der Waals surface area contributed by atoms with Crippen LogP contribution >= 0.6 is 15.9 Å². The molecule has 2 aliphatic rings. The second-order valence-electron chi connectivity index (χ2n) is 9.55. The summed E-state index contributed by atoms with van der Waals surface area (Å²) in [5.41, 5.74) is 0.553. The second kappa shape index (κ2) is 8.85. The summed E-state index contributed by atoms with van der Waals surface area (Å²) in [5, 5.41) is 3.33. The quantitative estimate of drug-likeness (QED) is 0.723. The van der Waals surface area contributed by atoms with E-state index in [9.17, 15) is 4.79 Å². The van der Waals surface area contributed by atoms with Gasteiger partial charge in [-0.3, -0.25) is 9.69 Å². The second-order valence-corrected chi connectivity index (χ2v) is 10.5. The lowest BCUT2D eigenvalue weighted by molar-refractivity contribution is -0.131. The van der Waals surface area contributed by atoms with E-state index < -0.39 is 5.41 Å². The van der Waals surface area contributed by atoms with Crippen molar-refractivity contribution in [3.05, 3.63) is 34.3 Å². The number of nitrogens with one attached hydrogen (secondary N) is 1. The topological polar surface area (TPSA) is 41.6 Å². The molecule has 156 valence electrons. The van der Waals surface area contributed by atoms with Gasteiger partial charge >= 0.3 is 0 Å². The van der Waals surface area contributed by atoms with Crippen molar-refractivity contribution in [2.75, 3.05) is 32.8 Å². The summed E-state index contributed by atoms with van der Waals surface area (Å²) in [4.78, 5) is 16.0. The molecule has 0 bridgehead atoms. The minimum absolute atomic E-state index is 0.0509. The zero-order chi connectivity index (χ0) is 20.4. The van der Waals surface area contributed by atoms with Crippen molar-refractivity contribution in [2.24, 2.45) is 11.8 Å². The Bertz CT molecular complexity index is 658. The Balaban J connectivity index is 1.72. The Morgan fingerprint density at radius 2 is 1.75 bits per heavy atom. The third-order valence-electron chi connectivity index (χ3n) is 6.58. The first-order chi connectivity index (χ1) is 13.2. The number of likely N-dealkylation sites (tertiary alicyclic amines) is 1. The molecule has 1 amide bonds. The zero-order valence-corrected chi connectivity index (χ0v) is 19.3. The molecule has 1 aromatic carbocycles. The van der Waals surface area contributed by atoms with Crippen molar-refractivity contribution in [1.82, 2.24) is 10.2 Å². The van der Waals surface area contributed by atoms with Gasteiger partial charge in [-0.15, -0.1) is 0 Å².